The lowest BCUT2D eigenvalue weighted by Gasteiger charge is -2.18. The number of imide groups is 1. The smallest absolute Gasteiger partial charge is 0.240 e. The van der Waals surface area contributed by atoms with Gasteiger partial charge < -0.3 is 4.74 Å². The molecule has 110 valence electrons. The summed E-state index contributed by atoms with van der Waals surface area (Å²) in [6, 6.07) is 0.884. The Kier molecular flexibility index (Phi) is 2.48. The third-order valence-corrected chi connectivity index (χ3v) is 4.51. The number of carbonyl (C=O) groups is 2. The first-order valence-electron chi connectivity index (χ1n) is 6.67. The molecular weight excluding hydrogens is 287 g/mol. The Labute approximate surface area is 117 Å². The van der Waals surface area contributed by atoms with Gasteiger partial charge in [-0.1, -0.05) is 0 Å². The van der Waals surface area contributed by atoms with E-state index in [0.717, 1.165) is 0 Å². The van der Waals surface area contributed by atoms with Crippen molar-refractivity contribution in [2.75, 3.05) is 4.90 Å². The predicted molar refractivity (Wildman–Crippen MR) is 63.7 cm³/mol. The maximum absolute atomic E-state index is 13.8. The molecule has 4 atom stereocenters. The molecule has 2 bridgehead atoms. The van der Waals surface area contributed by atoms with Crippen LogP contribution in [0.4, 0.5) is 18.9 Å². The molecule has 7 heteroatoms. The number of nitrogens with zero attached hydrogens (tertiary/aromatic N) is 1. The molecule has 3 aliphatic heterocycles. The number of amides is 2. The van der Waals surface area contributed by atoms with Gasteiger partial charge in [-0.3, -0.25) is 9.59 Å². The molecule has 0 N–H and O–H groups in total. The summed E-state index contributed by atoms with van der Waals surface area (Å²) in [6.07, 6.45) is 0.683. The topological polar surface area (TPSA) is 46.6 Å². The Bertz CT molecular complexity index is 650. The molecule has 1 aromatic carbocycles. The molecule has 2 amide bonds. The average molecular weight is 297 g/mol. The second-order valence-electron chi connectivity index (χ2n) is 5.57. The number of halogens is 3. The number of benzene rings is 1. The minimum Gasteiger partial charge on any atom is -0.373 e. The molecule has 0 saturated carbocycles. The van der Waals surface area contributed by atoms with Gasteiger partial charge in [-0.25, -0.2) is 18.1 Å². The van der Waals surface area contributed by atoms with Gasteiger partial charge >= 0.3 is 0 Å². The summed E-state index contributed by atoms with van der Waals surface area (Å²) in [6.45, 7) is 0. The van der Waals surface area contributed by atoms with Crippen LogP contribution in [0.25, 0.3) is 0 Å². The van der Waals surface area contributed by atoms with E-state index < -0.39 is 46.8 Å². The summed E-state index contributed by atoms with van der Waals surface area (Å²) in [5.74, 6) is -6.26. The molecule has 3 saturated heterocycles. The van der Waals surface area contributed by atoms with Crippen molar-refractivity contribution in [3.8, 4) is 0 Å². The van der Waals surface area contributed by atoms with Gasteiger partial charge in [0.05, 0.1) is 29.7 Å². The molecule has 4 rings (SSSR count). The first-order valence-corrected chi connectivity index (χ1v) is 6.67. The Balaban J connectivity index is 1.79. The summed E-state index contributed by atoms with van der Waals surface area (Å²) >= 11 is 0. The van der Waals surface area contributed by atoms with Gasteiger partial charge in [0, 0.05) is 12.1 Å². The number of anilines is 1. The Morgan fingerprint density at radius 3 is 2.00 bits per heavy atom. The number of hydrogen-bond acceptors (Lipinski definition) is 3. The van der Waals surface area contributed by atoms with Crippen LogP contribution in [-0.2, 0) is 14.3 Å². The highest BCUT2D eigenvalue weighted by Gasteiger charge is 2.62. The zero-order valence-corrected chi connectivity index (χ0v) is 10.7. The van der Waals surface area contributed by atoms with Crippen LogP contribution in [0.2, 0.25) is 0 Å². The number of ether oxygens (including phenoxy) is 1. The molecule has 3 aliphatic rings. The van der Waals surface area contributed by atoms with Gasteiger partial charge in [0.25, 0.3) is 0 Å². The van der Waals surface area contributed by atoms with Crippen LogP contribution in [0.3, 0.4) is 0 Å². The average Bonchev–Trinajstić information content (AvgIpc) is 3.09. The lowest BCUT2D eigenvalue weighted by Crippen LogP contribution is -2.35. The fourth-order valence-electron chi connectivity index (χ4n) is 3.63. The summed E-state index contributed by atoms with van der Waals surface area (Å²) in [5.41, 5.74) is -0.530. The van der Waals surface area contributed by atoms with Crippen LogP contribution < -0.4 is 4.90 Å². The zero-order chi connectivity index (χ0) is 14.9. The van der Waals surface area contributed by atoms with E-state index in [4.69, 9.17) is 4.74 Å². The molecule has 0 aliphatic carbocycles. The van der Waals surface area contributed by atoms with Gasteiger partial charge in [-0.2, -0.15) is 0 Å². The monoisotopic (exact) mass is 297 g/mol. The molecule has 3 heterocycles. The van der Waals surface area contributed by atoms with E-state index in [1.165, 1.54) is 0 Å². The molecule has 0 aromatic heterocycles. The molecule has 21 heavy (non-hydrogen) atoms. The Hall–Kier alpha value is -1.89. The van der Waals surface area contributed by atoms with Crippen molar-refractivity contribution in [1.29, 1.82) is 0 Å². The molecule has 0 radical (unpaired) electrons. The second kappa shape index (κ2) is 4.07. The molecule has 1 aromatic rings. The van der Waals surface area contributed by atoms with Gasteiger partial charge in [0.1, 0.15) is 0 Å². The van der Waals surface area contributed by atoms with Crippen molar-refractivity contribution < 1.29 is 27.5 Å². The van der Waals surface area contributed by atoms with Gasteiger partial charge in [0.15, 0.2) is 17.5 Å². The Morgan fingerprint density at radius 2 is 1.43 bits per heavy atom. The fourth-order valence-corrected chi connectivity index (χ4v) is 3.63. The van der Waals surface area contributed by atoms with Crippen LogP contribution in [0.5, 0.6) is 0 Å². The Morgan fingerprint density at radius 1 is 0.905 bits per heavy atom. The standard InChI is InChI=1S/C14H10F3NO3/c15-5-3-7(17)8(4-6(5)16)18-13(19)11-9-1-2-10(21-9)12(11)14(18)20/h3-4,9-12H,1-2H2/t9-,10+,11-,12+. The van der Waals surface area contributed by atoms with E-state index in [1.807, 2.05) is 0 Å². The van der Waals surface area contributed by atoms with E-state index >= 15 is 0 Å². The first-order chi connectivity index (χ1) is 9.99. The van der Waals surface area contributed by atoms with Crippen LogP contribution >= 0.6 is 0 Å². The molecule has 0 spiro atoms. The second-order valence-corrected chi connectivity index (χ2v) is 5.57. The van der Waals surface area contributed by atoms with Crippen molar-refractivity contribution in [1.82, 2.24) is 0 Å². The van der Waals surface area contributed by atoms with Crippen LogP contribution in [0, 0.1) is 29.3 Å². The highest BCUT2D eigenvalue weighted by atomic mass is 19.2. The quantitative estimate of drug-likeness (QED) is 0.586. The fraction of sp³-hybridized carbons (Fsp3) is 0.429. The maximum Gasteiger partial charge on any atom is 0.240 e. The number of hydrogen-bond donors (Lipinski definition) is 0. The van der Waals surface area contributed by atoms with Crippen molar-refractivity contribution in [3.63, 3.8) is 0 Å². The lowest BCUT2D eigenvalue weighted by molar-refractivity contribution is -0.124. The third kappa shape index (κ3) is 1.55. The van der Waals surface area contributed by atoms with Crippen LogP contribution in [0.15, 0.2) is 12.1 Å². The lowest BCUT2D eigenvalue weighted by atomic mass is 9.81. The summed E-state index contributed by atoms with van der Waals surface area (Å²) < 4.78 is 45.7. The summed E-state index contributed by atoms with van der Waals surface area (Å²) in [7, 11) is 0. The summed E-state index contributed by atoms with van der Waals surface area (Å²) in [5, 5.41) is 0. The third-order valence-electron chi connectivity index (χ3n) is 4.51. The molecule has 4 nitrogen and oxygen atoms in total. The number of rotatable bonds is 1. The first kappa shape index (κ1) is 12.8. The SMILES string of the molecule is O=C1[C@@H]2[C@H](C(=O)N1c1cc(F)c(F)cc1F)[C@H]1CC[C@@H]2O1. The minimum absolute atomic E-state index is 0.338. The molecular formula is C14H10F3NO3. The van der Waals surface area contributed by atoms with Gasteiger partial charge in [0.2, 0.25) is 11.8 Å². The van der Waals surface area contributed by atoms with Crippen molar-refractivity contribution in [2.45, 2.75) is 25.0 Å². The largest absolute Gasteiger partial charge is 0.373 e. The highest BCUT2D eigenvalue weighted by Crippen LogP contribution is 2.49. The minimum atomic E-state index is -1.36. The van der Waals surface area contributed by atoms with E-state index in [0.29, 0.717) is 29.9 Å². The number of fused-ring (bicyclic) bond motifs is 5. The molecule has 3 fully saturated rings. The van der Waals surface area contributed by atoms with Crippen LogP contribution in [0.1, 0.15) is 12.8 Å². The zero-order valence-electron chi connectivity index (χ0n) is 10.7. The van der Waals surface area contributed by atoms with Crippen molar-refractivity contribution in [3.05, 3.63) is 29.6 Å². The van der Waals surface area contributed by atoms with Gasteiger partial charge in [-0.15, -0.1) is 0 Å². The van der Waals surface area contributed by atoms with Crippen molar-refractivity contribution in [2.24, 2.45) is 11.8 Å². The molecule has 0 unspecified atom stereocenters. The maximum atomic E-state index is 13.8. The summed E-state index contributed by atoms with van der Waals surface area (Å²) in [4.78, 5) is 25.4. The predicted octanol–water partition coefficient (Wildman–Crippen LogP) is 1.77. The van der Waals surface area contributed by atoms with E-state index in [-0.39, 0.29) is 12.2 Å². The van der Waals surface area contributed by atoms with E-state index in [9.17, 15) is 22.8 Å². The normalized spacial score (nSPS) is 34.0. The van der Waals surface area contributed by atoms with Gasteiger partial charge in [-0.05, 0) is 12.8 Å². The van der Waals surface area contributed by atoms with E-state index in [2.05, 4.69) is 0 Å². The van der Waals surface area contributed by atoms with E-state index in [1.54, 1.807) is 0 Å². The number of carbonyl (C=O) groups excluding carboxylic acids is 2. The van der Waals surface area contributed by atoms with Crippen molar-refractivity contribution >= 4 is 17.5 Å². The highest BCUT2D eigenvalue weighted by molar-refractivity contribution is 6.22. The van der Waals surface area contributed by atoms with Crippen LogP contribution in [-0.4, -0.2) is 24.0 Å².